The highest BCUT2D eigenvalue weighted by Gasteiger charge is 2.21. The van der Waals surface area contributed by atoms with E-state index >= 15 is 0 Å². The lowest BCUT2D eigenvalue weighted by molar-refractivity contribution is 0.0993. The molecule has 0 aliphatic heterocycles. The van der Waals surface area contributed by atoms with Crippen LogP contribution in [0.3, 0.4) is 0 Å². The number of nitrogens with two attached hydrogens (primary N) is 1. The van der Waals surface area contributed by atoms with E-state index in [-0.39, 0.29) is 5.91 Å². The van der Waals surface area contributed by atoms with E-state index in [0.29, 0.717) is 24.2 Å². The van der Waals surface area contributed by atoms with E-state index in [1.54, 1.807) is 12.0 Å². The van der Waals surface area contributed by atoms with E-state index in [1.165, 1.54) is 0 Å². The first kappa shape index (κ1) is 16.8. The molecular formula is C19H22N2O2. The summed E-state index contributed by atoms with van der Waals surface area (Å²) in [4.78, 5) is 14.6. The van der Waals surface area contributed by atoms with Gasteiger partial charge < -0.3 is 10.5 Å². The van der Waals surface area contributed by atoms with Gasteiger partial charge in [0.1, 0.15) is 5.75 Å². The summed E-state index contributed by atoms with van der Waals surface area (Å²) in [6.07, 6.45) is 0.545. The summed E-state index contributed by atoms with van der Waals surface area (Å²) in [5.74, 6) is 0.633. The van der Waals surface area contributed by atoms with Crippen LogP contribution in [0, 0.1) is 6.92 Å². The largest absolute Gasteiger partial charge is 0.497 e. The smallest absolute Gasteiger partial charge is 0.262 e. The standard InChI is InChI=1S/C19H22N2O2/c1-14-6-4-5-7-18(14)19(22)21(15(2)12-13-20)16-8-10-17(23-3)11-9-16/h4-11H,2,12-13,20H2,1,3H3. The van der Waals surface area contributed by atoms with Crippen LogP contribution in [-0.4, -0.2) is 19.6 Å². The van der Waals surface area contributed by atoms with Gasteiger partial charge in [0.05, 0.1) is 7.11 Å². The van der Waals surface area contributed by atoms with Gasteiger partial charge in [-0.2, -0.15) is 0 Å². The lowest BCUT2D eigenvalue weighted by Crippen LogP contribution is -2.31. The average molecular weight is 310 g/mol. The third kappa shape index (κ3) is 3.79. The summed E-state index contributed by atoms with van der Waals surface area (Å²) in [6.45, 7) is 6.39. The van der Waals surface area contributed by atoms with Gasteiger partial charge in [0.2, 0.25) is 0 Å². The molecule has 1 amide bonds. The number of ether oxygens (including phenoxy) is 1. The summed E-state index contributed by atoms with van der Waals surface area (Å²) in [5.41, 5.74) is 8.64. The molecule has 0 atom stereocenters. The molecule has 0 spiro atoms. The highest BCUT2D eigenvalue weighted by Crippen LogP contribution is 2.26. The normalized spacial score (nSPS) is 10.2. The maximum Gasteiger partial charge on any atom is 0.262 e. The molecular weight excluding hydrogens is 288 g/mol. The Morgan fingerprint density at radius 1 is 1.17 bits per heavy atom. The summed E-state index contributed by atoms with van der Waals surface area (Å²) in [5, 5.41) is 0. The lowest BCUT2D eigenvalue weighted by atomic mass is 10.1. The molecule has 0 aliphatic carbocycles. The first-order valence-corrected chi connectivity index (χ1v) is 7.50. The minimum absolute atomic E-state index is 0.105. The van der Waals surface area contributed by atoms with E-state index in [4.69, 9.17) is 10.5 Å². The number of hydrogen-bond donors (Lipinski definition) is 1. The fourth-order valence-corrected chi connectivity index (χ4v) is 2.39. The molecule has 0 heterocycles. The Bertz CT molecular complexity index is 693. The Hall–Kier alpha value is -2.59. The van der Waals surface area contributed by atoms with E-state index in [9.17, 15) is 4.79 Å². The molecule has 120 valence electrons. The summed E-state index contributed by atoms with van der Waals surface area (Å²) >= 11 is 0. The van der Waals surface area contributed by atoms with Crippen LogP contribution < -0.4 is 15.4 Å². The number of anilines is 1. The molecule has 0 aliphatic rings. The Labute approximate surface area is 137 Å². The van der Waals surface area contributed by atoms with E-state index in [0.717, 1.165) is 17.0 Å². The topological polar surface area (TPSA) is 55.6 Å². The van der Waals surface area contributed by atoms with Crippen LogP contribution in [0.4, 0.5) is 5.69 Å². The van der Waals surface area contributed by atoms with Crippen molar-refractivity contribution in [1.82, 2.24) is 0 Å². The van der Waals surface area contributed by atoms with E-state index in [1.807, 2.05) is 55.5 Å². The van der Waals surface area contributed by atoms with Crippen LogP contribution in [-0.2, 0) is 0 Å². The van der Waals surface area contributed by atoms with Crippen LogP contribution in [0.2, 0.25) is 0 Å². The average Bonchev–Trinajstić information content (AvgIpc) is 2.56. The Morgan fingerprint density at radius 2 is 1.83 bits per heavy atom. The lowest BCUT2D eigenvalue weighted by Gasteiger charge is -2.25. The van der Waals surface area contributed by atoms with Gasteiger partial charge in [0, 0.05) is 16.9 Å². The number of aryl methyl sites for hydroxylation is 1. The molecule has 0 aromatic heterocycles. The van der Waals surface area contributed by atoms with Crippen LogP contribution in [0.5, 0.6) is 5.75 Å². The van der Waals surface area contributed by atoms with Gasteiger partial charge in [0.25, 0.3) is 5.91 Å². The van der Waals surface area contributed by atoms with Gasteiger partial charge in [-0.15, -0.1) is 0 Å². The van der Waals surface area contributed by atoms with Gasteiger partial charge in [-0.3, -0.25) is 9.69 Å². The zero-order chi connectivity index (χ0) is 16.8. The maximum absolute atomic E-state index is 13.0. The minimum Gasteiger partial charge on any atom is -0.497 e. The van der Waals surface area contributed by atoms with Crippen LogP contribution >= 0.6 is 0 Å². The second kappa shape index (κ2) is 7.61. The predicted octanol–water partition coefficient (Wildman–Crippen LogP) is 3.51. The molecule has 0 saturated carbocycles. The Kier molecular flexibility index (Phi) is 5.55. The molecule has 2 N–H and O–H groups in total. The molecule has 2 rings (SSSR count). The SMILES string of the molecule is C=C(CCN)N(C(=O)c1ccccc1C)c1ccc(OC)cc1. The third-order valence-corrected chi connectivity index (χ3v) is 3.66. The number of carbonyl (C=O) groups excluding carboxylic acids is 1. The van der Waals surface area contributed by atoms with Crippen LogP contribution in [0.25, 0.3) is 0 Å². The molecule has 2 aromatic rings. The van der Waals surface area contributed by atoms with Crippen LogP contribution in [0.1, 0.15) is 22.3 Å². The Balaban J connectivity index is 2.43. The molecule has 0 fully saturated rings. The first-order valence-electron chi connectivity index (χ1n) is 7.50. The molecule has 2 aromatic carbocycles. The second-order valence-electron chi connectivity index (χ2n) is 5.26. The van der Waals surface area contributed by atoms with Crippen LogP contribution in [0.15, 0.2) is 60.8 Å². The molecule has 0 unspecified atom stereocenters. The minimum atomic E-state index is -0.105. The molecule has 4 nitrogen and oxygen atoms in total. The van der Waals surface area contributed by atoms with Gasteiger partial charge in [0.15, 0.2) is 0 Å². The number of hydrogen-bond acceptors (Lipinski definition) is 3. The molecule has 23 heavy (non-hydrogen) atoms. The molecule has 0 bridgehead atoms. The van der Waals surface area contributed by atoms with Gasteiger partial charge in [-0.05, 0) is 55.8 Å². The van der Waals surface area contributed by atoms with Crippen molar-refractivity contribution in [2.75, 3.05) is 18.6 Å². The third-order valence-electron chi connectivity index (χ3n) is 3.66. The van der Waals surface area contributed by atoms with Crippen molar-refractivity contribution in [2.45, 2.75) is 13.3 Å². The van der Waals surface area contributed by atoms with Crippen molar-refractivity contribution in [3.8, 4) is 5.75 Å². The maximum atomic E-state index is 13.0. The summed E-state index contributed by atoms with van der Waals surface area (Å²) < 4.78 is 5.18. The highest BCUT2D eigenvalue weighted by molar-refractivity contribution is 6.09. The monoisotopic (exact) mass is 310 g/mol. The van der Waals surface area contributed by atoms with E-state index < -0.39 is 0 Å². The molecule has 4 heteroatoms. The molecule has 0 saturated heterocycles. The van der Waals surface area contributed by atoms with Gasteiger partial charge in [-0.1, -0.05) is 24.8 Å². The van der Waals surface area contributed by atoms with Crippen molar-refractivity contribution in [3.63, 3.8) is 0 Å². The number of methoxy groups -OCH3 is 1. The number of rotatable bonds is 6. The van der Waals surface area contributed by atoms with Crippen molar-refractivity contribution in [3.05, 3.63) is 71.9 Å². The zero-order valence-corrected chi connectivity index (χ0v) is 13.6. The Morgan fingerprint density at radius 3 is 2.39 bits per heavy atom. The quantitative estimate of drug-likeness (QED) is 0.888. The first-order chi connectivity index (χ1) is 11.1. The summed E-state index contributed by atoms with van der Waals surface area (Å²) in [6, 6.07) is 14.9. The second-order valence-corrected chi connectivity index (χ2v) is 5.26. The van der Waals surface area contributed by atoms with Crippen molar-refractivity contribution >= 4 is 11.6 Å². The van der Waals surface area contributed by atoms with Crippen molar-refractivity contribution in [1.29, 1.82) is 0 Å². The fraction of sp³-hybridized carbons (Fsp3) is 0.211. The highest BCUT2D eigenvalue weighted by atomic mass is 16.5. The van der Waals surface area contributed by atoms with E-state index in [2.05, 4.69) is 6.58 Å². The predicted molar refractivity (Wildman–Crippen MR) is 93.8 cm³/mol. The van der Waals surface area contributed by atoms with Crippen molar-refractivity contribution in [2.24, 2.45) is 5.73 Å². The summed E-state index contributed by atoms with van der Waals surface area (Å²) in [7, 11) is 1.61. The van der Waals surface area contributed by atoms with Crippen molar-refractivity contribution < 1.29 is 9.53 Å². The number of nitrogens with zero attached hydrogens (tertiary/aromatic N) is 1. The zero-order valence-electron chi connectivity index (χ0n) is 13.6. The number of benzene rings is 2. The number of carbonyl (C=O) groups is 1. The van der Waals surface area contributed by atoms with Gasteiger partial charge in [-0.25, -0.2) is 0 Å². The molecule has 0 radical (unpaired) electrons. The number of amides is 1. The fourth-order valence-electron chi connectivity index (χ4n) is 2.39. The van der Waals surface area contributed by atoms with Gasteiger partial charge >= 0.3 is 0 Å².